The third-order valence-electron chi connectivity index (χ3n) is 2.69. The molecule has 2 aromatic rings. The van der Waals surface area contributed by atoms with Gasteiger partial charge in [0.1, 0.15) is 17.3 Å². The lowest BCUT2D eigenvalue weighted by Gasteiger charge is -2.08. The number of benzene rings is 2. The average Bonchev–Trinajstić information content (AvgIpc) is 2.39. The molecule has 2 rings (SSSR count). The predicted octanol–water partition coefficient (Wildman–Crippen LogP) is 4.12. The molecule has 100 valence electrons. The first-order valence-corrected chi connectivity index (χ1v) is 6.51. The number of nitrogens with one attached hydrogen (secondary N) is 1. The lowest BCUT2D eigenvalue weighted by molar-refractivity contribution is 0.475. The second-order valence-electron chi connectivity index (χ2n) is 4.38. The van der Waals surface area contributed by atoms with Gasteiger partial charge in [-0.05, 0) is 42.8 Å². The van der Waals surface area contributed by atoms with E-state index >= 15 is 0 Å². The van der Waals surface area contributed by atoms with Crippen molar-refractivity contribution in [3.8, 4) is 11.5 Å². The first kappa shape index (κ1) is 13.6. The maximum atomic E-state index is 13.1. The number of halogens is 1. The van der Waals surface area contributed by atoms with Crippen LogP contribution in [-0.4, -0.2) is 6.54 Å². The Balaban J connectivity index is 2.02. The number of hydrogen-bond donors (Lipinski definition) is 1. The molecule has 2 aromatic carbocycles. The van der Waals surface area contributed by atoms with Gasteiger partial charge in [-0.15, -0.1) is 0 Å². The summed E-state index contributed by atoms with van der Waals surface area (Å²) in [5, 5.41) is 3.34. The fourth-order valence-corrected chi connectivity index (χ4v) is 1.80. The highest BCUT2D eigenvalue weighted by molar-refractivity contribution is 5.34. The Bertz CT molecular complexity index is 528. The average molecular weight is 259 g/mol. The minimum absolute atomic E-state index is 0.293. The van der Waals surface area contributed by atoms with Gasteiger partial charge in [0.2, 0.25) is 0 Å². The summed E-state index contributed by atoms with van der Waals surface area (Å²) in [5.74, 6) is 0.943. The van der Waals surface area contributed by atoms with Crippen molar-refractivity contribution in [2.75, 3.05) is 6.54 Å². The van der Waals surface area contributed by atoms with E-state index in [1.165, 1.54) is 12.1 Å². The maximum Gasteiger partial charge on any atom is 0.130 e. The fraction of sp³-hybridized carbons (Fsp3) is 0.250. The van der Waals surface area contributed by atoms with Crippen molar-refractivity contribution >= 4 is 0 Å². The van der Waals surface area contributed by atoms with Crippen LogP contribution in [0.4, 0.5) is 4.39 Å². The highest BCUT2D eigenvalue weighted by atomic mass is 19.1. The molecule has 19 heavy (non-hydrogen) atoms. The summed E-state index contributed by atoms with van der Waals surface area (Å²) in [4.78, 5) is 0. The van der Waals surface area contributed by atoms with Crippen LogP contribution in [0.25, 0.3) is 0 Å². The summed E-state index contributed by atoms with van der Waals surface area (Å²) < 4.78 is 18.7. The predicted molar refractivity (Wildman–Crippen MR) is 74.9 cm³/mol. The van der Waals surface area contributed by atoms with Crippen molar-refractivity contribution in [3.05, 3.63) is 59.9 Å². The summed E-state index contributed by atoms with van der Waals surface area (Å²) in [6.07, 6.45) is 1.11. The van der Waals surface area contributed by atoms with Gasteiger partial charge in [-0.25, -0.2) is 4.39 Å². The molecule has 0 unspecified atom stereocenters. The lowest BCUT2D eigenvalue weighted by atomic mass is 10.2. The van der Waals surface area contributed by atoms with Crippen LogP contribution >= 0.6 is 0 Å². The quantitative estimate of drug-likeness (QED) is 0.788. The van der Waals surface area contributed by atoms with Gasteiger partial charge in [0.15, 0.2) is 0 Å². The van der Waals surface area contributed by atoms with Crippen molar-refractivity contribution in [1.29, 1.82) is 0 Å². The second kappa shape index (κ2) is 6.90. The first-order chi connectivity index (χ1) is 9.28. The molecule has 0 fully saturated rings. The Morgan fingerprint density at radius 1 is 1.05 bits per heavy atom. The number of rotatable bonds is 6. The van der Waals surface area contributed by atoms with Crippen LogP contribution in [-0.2, 0) is 6.54 Å². The van der Waals surface area contributed by atoms with Crippen LogP contribution in [0.15, 0.2) is 48.5 Å². The first-order valence-electron chi connectivity index (χ1n) is 6.51. The largest absolute Gasteiger partial charge is 0.457 e. The molecule has 0 spiro atoms. The minimum atomic E-state index is -0.293. The molecule has 0 aliphatic carbocycles. The Morgan fingerprint density at radius 3 is 2.53 bits per heavy atom. The Labute approximate surface area is 113 Å². The molecule has 0 aliphatic heterocycles. The highest BCUT2D eigenvalue weighted by Gasteiger charge is 2.00. The summed E-state index contributed by atoms with van der Waals surface area (Å²) in [6.45, 7) is 3.94. The van der Waals surface area contributed by atoms with Crippen molar-refractivity contribution < 1.29 is 9.13 Å². The monoisotopic (exact) mass is 259 g/mol. The van der Waals surface area contributed by atoms with E-state index in [1.807, 2.05) is 24.3 Å². The molecule has 0 atom stereocenters. The van der Waals surface area contributed by atoms with Gasteiger partial charge in [-0.3, -0.25) is 0 Å². The lowest BCUT2D eigenvalue weighted by Crippen LogP contribution is -2.13. The van der Waals surface area contributed by atoms with E-state index in [-0.39, 0.29) is 5.82 Å². The van der Waals surface area contributed by atoms with E-state index in [0.29, 0.717) is 5.75 Å². The van der Waals surface area contributed by atoms with E-state index in [1.54, 1.807) is 12.1 Å². The smallest absolute Gasteiger partial charge is 0.130 e. The van der Waals surface area contributed by atoms with Crippen LogP contribution in [0.5, 0.6) is 11.5 Å². The van der Waals surface area contributed by atoms with Gasteiger partial charge >= 0.3 is 0 Å². The Hall–Kier alpha value is -1.87. The van der Waals surface area contributed by atoms with Gasteiger partial charge in [-0.2, -0.15) is 0 Å². The molecular formula is C16H18FNO. The van der Waals surface area contributed by atoms with Crippen molar-refractivity contribution in [1.82, 2.24) is 5.32 Å². The molecule has 0 aliphatic rings. The second-order valence-corrected chi connectivity index (χ2v) is 4.38. The molecule has 0 saturated heterocycles. The fourth-order valence-electron chi connectivity index (χ4n) is 1.80. The van der Waals surface area contributed by atoms with Crippen molar-refractivity contribution in [3.63, 3.8) is 0 Å². The minimum Gasteiger partial charge on any atom is -0.457 e. The topological polar surface area (TPSA) is 21.3 Å². The number of hydrogen-bond acceptors (Lipinski definition) is 2. The van der Waals surface area contributed by atoms with E-state index in [4.69, 9.17) is 4.74 Å². The van der Waals surface area contributed by atoms with Crippen LogP contribution < -0.4 is 10.1 Å². The van der Waals surface area contributed by atoms with Crippen LogP contribution in [0, 0.1) is 5.82 Å². The summed E-state index contributed by atoms with van der Waals surface area (Å²) in [5.41, 5.74) is 1.15. The molecule has 0 heterocycles. The summed E-state index contributed by atoms with van der Waals surface area (Å²) in [6, 6.07) is 14.0. The Morgan fingerprint density at radius 2 is 1.79 bits per heavy atom. The molecule has 0 saturated carbocycles. The SMILES string of the molecule is CCCNCc1cccc(Oc2cccc(F)c2)c1. The van der Waals surface area contributed by atoms with E-state index in [2.05, 4.69) is 12.2 Å². The zero-order valence-corrected chi connectivity index (χ0v) is 11.0. The zero-order chi connectivity index (χ0) is 13.5. The van der Waals surface area contributed by atoms with Gasteiger partial charge in [-0.1, -0.05) is 25.1 Å². The molecule has 0 bridgehead atoms. The highest BCUT2D eigenvalue weighted by Crippen LogP contribution is 2.22. The van der Waals surface area contributed by atoms with E-state index < -0.39 is 0 Å². The van der Waals surface area contributed by atoms with Crippen LogP contribution in [0.1, 0.15) is 18.9 Å². The van der Waals surface area contributed by atoms with Gasteiger partial charge in [0.05, 0.1) is 0 Å². The summed E-state index contributed by atoms with van der Waals surface area (Å²) in [7, 11) is 0. The molecule has 1 N–H and O–H groups in total. The normalized spacial score (nSPS) is 10.4. The van der Waals surface area contributed by atoms with Crippen molar-refractivity contribution in [2.45, 2.75) is 19.9 Å². The molecule has 3 heteroatoms. The zero-order valence-electron chi connectivity index (χ0n) is 11.0. The van der Waals surface area contributed by atoms with Crippen LogP contribution in [0.3, 0.4) is 0 Å². The Kier molecular flexibility index (Phi) is 4.93. The third kappa shape index (κ3) is 4.38. The van der Waals surface area contributed by atoms with Gasteiger partial charge < -0.3 is 10.1 Å². The van der Waals surface area contributed by atoms with Gasteiger partial charge in [0.25, 0.3) is 0 Å². The molecule has 0 aromatic heterocycles. The molecule has 0 amide bonds. The molecule has 0 radical (unpaired) electrons. The maximum absolute atomic E-state index is 13.1. The number of ether oxygens (including phenoxy) is 1. The van der Waals surface area contributed by atoms with Crippen molar-refractivity contribution in [2.24, 2.45) is 0 Å². The molecule has 2 nitrogen and oxygen atoms in total. The van der Waals surface area contributed by atoms with Gasteiger partial charge in [0, 0.05) is 12.6 Å². The summed E-state index contributed by atoms with van der Waals surface area (Å²) >= 11 is 0. The van der Waals surface area contributed by atoms with Crippen LogP contribution in [0.2, 0.25) is 0 Å². The third-order valence-corrected chi connectivity index (χ3v) is 2.69. The van der Waals surface area contributed by atoms with E-state index in [0.717, 1.165) is 30.8 Å². The molecular weight excluding hydrogens is 241 g/mol. The standard InChI is InChI=1S/C16H18FNO/c1-2-9-18-12-13-5-3-7-15(10-13)19-16-8-4-6-14(17)11-16/h3-8,10-11,18H,2,9,12H2,1H3. The van der Waals surface area contributed by atoms with E-state index in [9.17, 15) is 4.39 Å².